The zero-order chi connectivity index (χ0) is 37.5. The number of hydrogen-bond donors (Lipinski definition) is 4. The first-order valence-electron chi connectivity index (χ1n) is 14.7. The summed E-state index contributed by atoms with van der Waals surface area (Å²) in [5.41, 5.74) is 0.667. The zero-order valence-corrected chi connectivity index (χ0v) is 34.4. The van der Waals surface area contributed by atoms with E-state index in [1.54, 1.807) is 24.3 Å². The average Bonchev–Trinajstić information content (AvgIpc) is 3.10. The number of aromatic hydroxyl groups is 2. The van der Waals surface area contributed by atoms with Crippen LogP contribution in [0.1, 0.15) is 0 Å². The molecular weight excluding hydrogens is 767 g/mol. The molecule has 0 aromatic heterocycles. The molecule has 0 saturated heterocycles. The van der Waals surface area contributed by atoms with E-state index in [1.165, 1.54) is 50.6 Å². The van der Waals surface area contributed by atoms with Crippen molar-refractivity contribution >= 4 is 64.5 Å². The molecular formula is C34H24N4Na2O12S2. The molecule has 0 fully saturated rings. The summed E-state index contributed by atoms with van der Waals surface area (Å²) in [6.07, 6.45) is 0. The fourth-order valence-corrected chi connectivity index (χ4v) is 6.85. The van der Waals surface area contributed by atoms with Crippen LogP contribution in [0.5, 0.6) is 34.5 Å². The number of benzene rings is 6. The van der Waals surface area contributed by atoms with Crippen molar-refractivity contribution in [3.63, 3.8) is 0 Å². The van der Waals surface area contributed by atoms with Crippen LogP contribution in [0.15, 0.2) is 115 Å². The molecule has 0 saturated carbocycles. The van der Waals surface area contributed by atoms with E-state index in [2.05, 4.69) is 20.5 Å². The van der Waals surface area contributed by atoms with E-state index in [1.807, 2.05) is 0 Å². The normalized spacial score (nSPS) is 11.9. The van der Waals surface area contributed by atoms with Gasteiger partial charge >= 0.3 is 59.1 Å². The molecule has 0 aliphatic carbocycles. The van der Waals surface area contributed by atoms with Gasteiger partial charge in [0.25, 0.3) is 20.2 Å². The number of phenolic OH excluding ortho intramolecular Hbond substituents is 2. The van der Waals surface area contributed by atoms with E-state index in [0.29, 0.717) is 11.1 Å². The van der Waals surface area contributed by atoms with Crippen LogP contribution < -0.4 is 78.8 Å². The molecule has 6 aromatic carbocycles. The number of hydrogen-bond acceptors (Lipinski definition) is 14. The molecule has 6 aromatic rings. The first kappa shape index (κ1) is 42.4. The Bertz CT molecular complexity index is 2540. The van der Waals surface area contributed by atoms with E-state index in [-0.39, 0.29) is 104 Å². The molecule has 0 radical (unpaired) electrons. The monoisotopic (exact) mass is 790 g/mol. The minimum atomic E-state index is -4.82. The van der Waals surface area contributed by atoms with Gasteiger partial charge in [-0.25, -0.2) is 0 Å². The summed E-state index contributed by atoms with van der Waals surface area (Å²) in [6.45, 7) is 0. The third-order valence-corrected chi connectivity index (χ3v) is 9.64. The van der Waals surface area contributed by atoms with E-state index in [9.17, 15) is 46.4 Å². The maximum Gasteiger partial charge on any atom is 1.00 e. The topological polar surface area (TPSA) is 263 Å². The smallest absolute Gasteiger partial charge is 0.872 e. The van der Waals surface area contributed by atoms with Gasteiger partial charge in [-0.05, 0) is 47.5 Å². The number of methoxy groups -OCH3 is 2. The third-order valence-electron chi connectivity index (χ3n) is 7.86. The standard InChI is InChI=1S/C34H26N4O12S2.2Na/c1-49-27-13-17(9-11-21(27)35-37-23-15-29(51(43,44)45)19-5-3-7-25(39)31(19)33(23)41)18-10-12-22(28(14-18)50-2)36-38-24-16-30(52(46,47)48)20-6-4-8-26(40)32(20)34(24)42;;/h3-16,39-42H,1-2H3,(H,43,44,45)(H,46,47,48);;/q;2*+1/p-2. The summed E-state index contributed by atoms with van der Waals surface area (Å²) in [4.78, 5) is -1.28. The second-order valence-corrected chi connectivity index (χ2v) is 13.7. The maximum atomic E-state index is 12.5. The summed E-state index contributed by atoms with van der Waals surface area (Å²) < 4.78 is 78.7. The van der Waals surface area contributed by atoms with Crippen molar-refractivity contribution in [1.29, 1.82) is 0 Å². The van der Waals surface area contributed by atoms with Crippen molar-refractivity contribution in [2.45, 2.75) is 9.79 Å². The van der Waals surface area contributed by atoms with Crippen molar-refractivity contribution in [2.24, 2.45) is 20.5 Å². The van der Waals surface area contributed by atoms with Crippen LogP contribution in [-0.4, -0.2) is 50.4 Å². The summed E-state index contributed by atoms with van der Waals surface area (Å²) in [6, 6.07) is 18.6. The molecule has 6 rings (SSSR count). The summed E-state index contributed by atoms with van der Waals surface area (Å²) in [7, 11) is -6.91. The minimum Gasteiger partial charge on any atom is -0.872 e. The van der Waals surface area contributed by atoms with Crippen LogP contribution in [0.3, 0.4) is 0 Å². The largest absolute Gasteiger partial charge is 1.00 e. The van der Waals surface area contributed by atoms with Crippen molar-refractivity contribution in [2.75, 3.05) is 14.2 Å². The Morgan fingerprint density at radius 2 is 0.889 bits per heavy atom. The molecule has 54 heavy (non-hydrogen) atoms. The average molecular weight is 791 g/mol. The van der Waals surface area contributed by atoms with Gasteiger partial charge in [-0.3, -0.25) is 9.11 Å². The van der Waals surface area contributed by atoms with E-state index in [4.69, 9.17) is 9.47 Å². The van der Waals surface area contributed by atoms with Crippen molar-refractivity contribution in [3.8, 4) is 45.6 Å². The van der Waals surface area contributed by atoms with Gasteiger partial charge in [0.2, 0.25) is 0 Å². The number of phenols is 2. The van der Waals surface area contributed by atoms with Gasteiger partial charge in [0, 0.05) is 21.5 Å². The second kappa shape index (κ2) is 16.6. The molecule has 0 atom stereocenters. The first-order valence-corrected chi connectivity index (χ1v) is 17.6. The maximum absolute atomic E-state index is 12.5. The molecule has 0 bridgehead atoms. The molecule has 0 spiro atoms. The summed E-state index contributed by atoms with van der Waals surface area (Å²) in [5.74, 6) is -2.27. The number of azo groups is 2. The van der Waals surface area contributed by atoms with Crippen LogP contribution >= 0.6 is 0 Å². The Morgan fingerprint density at radius 3 is 1.22 bits per heavy atom. The Kier molecular flexibility index (Phi) is 13.0. The van der Waals surface area contributed by atoms with Crippen LogP contribution in [0.4, 0.5) is 22.7 Å². The number of fused-ring (bicyclic) bond motifs is 2. The zero-order valence-electron chi connectivity index (χ0n) is 28.7. The van der Waals surface area contributed by atoms with E-state index < -0.39 is 64.4 Å². The molecule has 0 amide bonds. The molecule has 4 N–H and O–H groups in total. The van der Waals surface area contributed by atoms with Crippen LogP contribution in [0.2, 0.25) is 0 Å². The van der Waals surface area contributed by atoms with Crippen LogP contribution in [0.25, 0.3) is 32.7 Å². The fourth-order valence-electron chi connectivity index (χ4n) is 5.43. The molecule has 266 valence electrons. The number of rotatable bonds is 9. The van der Waals surface area contributed by atoms with Gasteiger partial charge in [-0.2, -0.15) is 16.8 Å². The molecule has 0 unspecified atom stereocenters. The predicted octanol–water partition coefficient (Wildman–Crippen LogP) is 0.568. The summed E-state index contributed by atoms with van der Waals surface area (Å²) in [5, 5.41) is 61.4. The van der Waals surface area contributed by atoms with Crippen molar-refractivity contribution in [3.05, 3.63) is 84.9 Å². The van der Waals surface area contributed by atoms with Gasteiger partial charge in [-0.1, -0.05) is 60.0 Å². The van der Waals surface area contributed by atoms with Gasteiger partial charge in [0.15, 0.2) is 0 Å². The van der Waals surface area contributed by atoms with Gasteiger partial charge in [-0.15, -0.1) is 20.5 Å². The Morgan fingerprint density at radius 1 is 0.537 bits per heavy atom. The Hall–Kier alpha value is -4.34. The third kappa shape index (κ3) is 8.32. The second-order valence-electron chi connectivity index (χ2n) is 11.0. The quantitative estimate of drug-likeness (QED) is 0.0890. The Labute approximate surface area is 351 Å². The van der Waals surface area contributed by atoms with Gasteiger partial charge < -0.3 is 29.9 Å². The van der Waals surface area contributed by atoms with Gasteiger partial charge in [0.05, 0.1) is 14.2 Å². The predicted molar refractivity (Wildman–Crippen MR) is 183 cm³/mol. The molecule has 16 nitrogen and oxygen atoms in total. The van der Waals surface area contributed by atoms with Crippen molar-refractivity contribution < 1.29 is 115 Å². The molecule has 0 aliphatic heterocycles. The van der Waals surface area contributed by atoms with Crippen LogP contribution in [0, 0.1) is 0 Å². The molecule has 0 heterocycles. The van der Waals surface area contributed by atoms with Crippen molar-refractivity contribution in [1.82, 2.24) is 0 Å². The fraction of sp³-hybridized carbons (Fsp3) is 0.0588. The summed E-state index contributed by atoms with van der Waals surface area (Å²) >= 11 is 0. The van der Waals surface area contributed by atoms with Crippen LogP contribution in [-0.2, 0) is 20.2 Å². The van der Waals surface area contributed by atoms with E-state index in [0.717, 1.165) is 24.3 Å². The van der Waals surface area contributed by atoms with E-state index >= 15 is 0 Å². The Balaban J connectivity index is 0.00000325. The number of ether oxygens (including phenoxy) is 2. The first-order chi connectivity index (χ1) is 24.6. The molecule has 20 heteroatoms. The minimum absolute atomic E-state index is 0. The number of nitrogens with zero attached hydrogens (tertiary/aromatic N) is 4. The van der Waals surface area contributed by atoms with Gasteiger partial charge in [0.1, 0.15) is 55.5 Å². The molecule has 0 aliphatic rings. The SMILES string of the molecule is COc1cc(-c2ccc(N=Nc3cc(S(=O)(=O)O)c4cccc([O-])c4c3O)c(OC)c2)ccc1N=Nc1cc(S(=O)(=O)O)c2cccc([O-])c2c1O.[Na+].[Na+].